The van der Waals surface area contributed by atoms with Gasteiger partial charge in [0.15, 0.2) is 0 Å². The number of halogens is 1. The molecule has 0 amide bonds. The molecule has 4 nitrogen and oxygen atoms in total. The van der Waals surface area contributed by atoms with Crippen LogP contribution in [-0.4, -0.2) is 16.8 Å². The molecule has 0 bridgehead atoms. The van der Waals surface area contributed by atoms with Gasteiger partial charge >= 0.3 is 0 Å². The first-order valence-corrected chi connectivity index (χ1v) is 6.54. The molecule has 1 heterocycles. The van der Waals surface area contributed by atoms with Crippen molar-refractivity contribution in [1.82, 2.24) is 15.1 Å². The molecule has 0 atom stereocenters. The fourth-order valence-corrected chi connectivity index (χ4v) is 2.20. The highest BCUT2D eigenvalue weighted by molar-refractivity contribution is 6.30. The second kappa shape index (κ2) is 6.08. The molecule has 2 rings (SSSR count). The van der Waals surface area contributed by atoms with Crippen LogP contribution in [0.4, 0.5) is 0 Å². The number of nitrogens with zero attached hydrogens (tertiary/aromatic N) is 2. The highest BCUT2D eigenvalue weighted by Gasteiger charge is 2.12. The Morgan fingerprint density at radius 1 is 1.37 bits per heavy atom. The SMILES string of the molecule is CNCc1ccccc1OCc1c(C)nn(C)c1Cl. The lowest BCUT2D eigenvalue weighted by Crippen LogP contribution is -2.07. The third-order valence-corrected chi connectivity index (χ3v) is 3.45. The van der Waals surface area contributed by atoms with Crippen molar-refractivity contribution in [2.24, 2.45) is 7.05 Å². The summed E-state index contributed by atoms with van der Waals surface area (Å²) in [6.07, 6.45) is 0. The van der Waals surface area contributed by atoms with Gasteiger partial charge in [-0.25, -0.2) is 0 Å². The van der Waals surface area contributed by atoms with Crippen LogP contribution in [0.3, 0.4) is 0 Å². The normalized spacial score (nSPS) is 10.7. The highest BCUT2D eigenvalue weighted by Crippen LogP contribution is 2.23. The Bertz CT molecular complexity index is 566. The van der Waals surface area contributed by atoms with E-state index in [1.807, 2.05) is 45.3 Å². The van der Waals surface area contributed by atoms with E-state index in [0.29, 0.717) is 11.8 Å². The molecule has 0 fully saturated rings. The smallest absolute Gasteiger partial charge is 0.133 e. The molecule has 0 saturated heterocycles. The first-order chi connectivity index (χ1) is 9.13. The van der Waals surface area contributed by atoms with Gasteiger partial charge in [0.2, 0.25) is 0 Å². The van der Waals surface area contributed by atoms with Crippen LogP contribution in [0.15, 0.2) is 24.3 Å². The van der Waals surface area contributed by atoms with Gasteiger partial charge in [-0.3, -0.25) is 4.68 Å². The summed E-state index contributed by atoms with van der Waals surface area (Å²) in [6.45, 7) is 3.14. The molecule has 5 heteroatoms. The van der Waals surface area contributed by atoms with Gasteiger partial charge in [-0.2, -0.15) is 5.10 Å². The molecule has 0 aliphatic heterocycles. The van der Waals surface area contributed by atoms with Gasteiger partial charge < -0.3 is 10.1 Å². The standard InChI is InChI=1S/C14H18ClN3O/c1-10-12(14(15)18(3)17-10)9-19-13-7-5-4-6-11(13)8-16-2/h4-7,16H,8-9H2,1-3H3. The Kier molecular flexibility index (Phi) is 4.45. The van der Waals surface area contributed by atoms with Crippen LogP contribution in [0.2, 0.25) is 5.15 Å². The van der Waals surface area contributed by atoms with E-state index in [0.717, 1.165) is 29.1 Å². The van der Waals surface area contributed by atoms with Crippen molar-refractivity contribution >= 4 is 11.6 Å². The predicted molar refractivity (Wildman–Crippen MR) is 76.5 cm³/mol. The molecule has 1 aromatic carbocycles. The van der Waals surface area contributed by atoms with Gasteiger partial charge in [0.25, 0.3) is 0 Å². The molecular formula is C14H18ClN3O. The average molecular weight is 280 g/mol. The number of nitrogens with one attached hydrogen (secondary N) is 1. The van der Waals surface area contributed by atoms with Crippen LogP contribution in [0, 0.1) is 6.92 Å². The number of para-hydroxylation sites is 1. The molecular weight excluding hydrogens is 262 g/mol. The van der Waals surface area contributed by atoms with Crippen LogP contribution in [-0.2, 0) is 20.2 Å². The lowest BCUT2D eigenvalue weighted by Gasteiger charge is -2.11. The molecule has 1 N–H and O–H groups in total. The number of rotatable bonds is 5. The third-order valence-electron chi connectivity index (χ3n) is 2.98. The lowest BCUT2D eigenvalue weighted by atomic mass is 10.2. The zero-order valence-electron chi connectivity index (χ0n) is 11.4. The Morgan fingerprint density at radius 2 is 2.11 bits per heavy atom. The summed E-state index contributed by atoms with van der Waals surface area (Å²) < 4.78 is 7.53. The summed E-state index contributed by atoms with van der Waals surface area (Å²) in [7, 11) is 3.74. The molecule has 0 aliphatic rings. The fourth-order valence-electron chi connectivity index (χ4n) is 1.97. The Labute approximate surface area is 118 Å². The molecule has 102 valence electrons. The molecule has 0 spiro atoms. The molecule has 0 aliphatic carbocycles. The largest absolute Gasteiger partial charge is 0.488 e. The number of hydrogen-bond donors (Lipinski definition) is 1. The van der Waals surface area contributed by atoms with Gasteiger partial charge in [0, 0.05) is 24.7 Å². The van der Waals surface area contributed by atoms with E-state index in [1.54, 1.807) is 4.68 Å². The van der Waals surface area contributed by atoms with Crippen molar-refractivity contribution in [3.63, 3.8) is 0 Å². The van der Waals surface area contributed by atoms with Crippen molar-refractivity contribution in [1.29, 1.82) is 0 Å². The minimum Gasteiger partial charge on any atom is -0.488 e. The van der Waals surface area contributed by atoms with Crippen molar-refractivity contribution in [2.75, 3.05) is 7.05 Å². The second-order valence-electron chi connectivity index (χ2n) is 4.41. The van der Waals surface area contributed by atoms with Gasteiger partial charge in [-0.05, 0) is 20.0 Å². The first kappa shape index (κ1) is 13.9. The molecule has 2 aromatic rings. The summed E-state index contributed by atoms with van der Waals surface area (Å²) in [5.74, 6) is 0.871. The van der Waals surface area contributed by atoms with Crippen LogP contribution in [0.5, 0.6) is 5.75 Å². The van der Waals surface area contributed by atoms with E-state index in [4.69, 9.17) is 16.3 Å². The Balaban J connectivity index is 2.14. The summed E-state index contributed by atoms with van der Waals surface area (Å²) in [5, 5.41) is 8.03. The van der Waals surface area contributed by atoms with E-state index in [2.05, 4.69) is 10.4 Å². The molecule has 19 heavy (non-hydrogen) atoms. The van der Waals surface area contributed by atoms with Crippen LogP contribution in [0.25, 0.3) is 0 Å². The van der Waals surface area contributed by atoms with Gasteiger partial charge in [0.1, 0.15) is 17.5 Å². The molecule has 0 unspecified atom stereocenters. The van der Waals surface area contributed by atoms with Crippen molar-refractivity contribution in [2.45, 2.75) is 20.1 Å². The maximum atomic E-state index is 6.19. The Morgan fingerprint density at radius 3 is 2.74 bits per heavy atom. The summed E-state index contributed by atoms with van der Waals surface area (Å²) >= 11 is 6.19. The average Bonchev–Trinajstić information content (AvgIpc) is 2.63. The highest BCUT2D eigenvalue weighted by atomic mass is 35.5. The molecule has 1 aromatic heterocycles. The summed E-state index contributed by atoms with van der Waals surface area (Å²) in [5.41, 5.74) is 2.96. The van der Waals surface area contributed by atoms with E-state index in [1.165, 1.54) is 0 Å². The molecule has 0 radical (unpaired) electrons. The lowest BCUT2D eigenvalue weighted by molar-refractivity contribution is 0.301. The minimum atomic E-state index is 0.430. The zero-order valence-corrected chi connectivity index (χ0v) is 12.2. The van der Waals surface area contributed by atoms with Crippen LogP contribution >= 0.6 is 11.6 Å². The third kappa shape index (κ3) is 3.08. The van der Waals surface area contributed by atoms with Crippen LogP contribution < -0.4 is 10.1 Å². The minimum absolute atomic E-state index is 0.430. The van der Waals surface area contributed by atoms with Gasteiger partial charge in [-0.1, -0.05) is 29.8 Å². The first-order valence-electron chi connectivity index (χ1n) is 6.16. The molecule has 0 saturated carbocycles. The van der Waals surface area contributed by atoms with Crippen molar-refractivity contribution in [3.8, 4) is 5.75 Å². The van der Waals surface area contributed by atoms with Crippen molar-refractivity contribution in [3.05, 3.63) is 46.2 Å². The van der Waals surface area contributed by atoms with Crippen LogP contribution in [0.1, 0.15) is 16.8 Å². The van der Waals surface area contributed by atoms with E-state index < -0.39 is 0 Å². The maximum absolute atomic E-state index is 6.19. The quantitative estimate of drug-likeness (QED) is 0.915. The van der Waals surface area contributed by atoms with Gasteiger partial charge in [-0.15, -0.1) is 0 Å². The number of ether oxygens (including phenoxy) is 1. The number of benzene rings is 1. The van der Waals surface area contributed by atoms with Gasteiger partial charge in [0.05, 0.1) is 5.69 Å². The number of hydrogen-bond acceptors (Lipinski definition) is 3. The van der Waals surface area contributed by atoms with E-state index >= 15 is 0 Å². The fraction of sp³-hybridized carbons (Fsp3) is 0.357. The van der Waals surface area contributed by atoms with E-state index in [9.17, 15) is 0 Å². The number of aryl methyl sites for hydroxylation is 2. The number of aromatic nitrogens is 2. The zero-order chi connectivity index (χ0) is 13.8. The second-order valence-corrected chi connectivity index (χ2v) is 4.76. The topological polar surface area (TPSA) is 39.1 Å². The summed E-state index contributed by atoms with van der Waals surface area (Å²) in [6, 6.07) is 7.98. The predicted octanol–water partition coefficient (Wildman–Crippen LogP) is 2.68. The summed E-state index contributed by atoms with van der Waals surface area (Å²) in [4.78, 5) is 0. The Hall–Kier alpha value is -1.52. The van der Waals surface area contributed by atoms with E-state index in [-0.39, 0.29) is 0 Å². The monoisotopic (exact) mass is 279 g/mol. The maximum Gasteiger partial charge on any atom is 0.133 e. The van der Waals surface area contributed by atoms with Crippen molar-refractivity contribution < 1.29 is 4.74 Å².